The summed E-state index contributed by atoms with van der Waals surface area (Å²) in [7, 11) is -3.62. The van der Waals surface area contributed by atoms with Gasteiger partial charge in [-0.1, -0.05) is 24.4 Å². The van der Waals surface area contributed by atoms with Gasteiger partial charge in [-0.05, 0) is 31.9 Å². The van der Waals surface area contributed by atoms with Crippen LogP contribution in [0.2, 0.25) is 0 Å². The summed E-state index contributed by atoms with van der Waals surface area (Å²) in [6.07, 6.45) is 6.39. The minimum absolute atomic E-state index is 0.0346. The average molecular weight is 379 g/mol. The fraction of sp³-hybridized carbons (Fsp3) is 0.611. The van der Waals surface area contributed by atoms with Crippen LogP contribution < -0.4 is 0 Å². The van der Waals surface area contributed by atoms with Gasteiger partial charge in [0.15, 0.2) is 5.76 Å². The number of rotatable bonds is 4. The standard InChI is InChI=1S/C18H25N3O4S/c1-14-13-17(25-19-14)16-7-8-18(24-16)26(22,23)21-11-9-20(10-12-21)15-5-3-2-4-6-15/h7-8,13,15H,2-6,9-12H2,1H3. The lowest BCUT2D eigenvalue weighted by Gasteiger charge is -2.39. The van der Waals surface area contributed by atoms with Gasteiger partial charge in [-0.2, -0.15) is 4.31 Å². The van der Waals surface area contributed by atoms with Crippen LogP contribution in [0.4, 0.5) is 0 Å². The Balaban J connectivity index is 1.43. The second kappa shape index (κ2) is 7.17. The first kappa shape index (κ1) is 17.8. The third-order valence-corrected chi connectivity index (χ3v) is 7.18. The van der Waals surface area contributed by atoms with Gasteiger partial charge in [0.2, 0.25) is 10.9 Å². The van der Waals surface area contributed by atoms with Gasteiger partial charge >= 0.3 is 0 Å². The molecule has 2 aromatic rings. The molecule has 3 heterocycles. The lowest BCUT2D eigenvalue weighted by Crippen LogP contribution is -2.52. The molecular formula is C18H25N3O4S. The Kier molecular flexibility index (Phi) is 4.90. The molecule has 2 aromatic heterocycles. The SMILES string of the molecule is Cc1cc(-c2ccc(S(=O)(=O)N3CCN(C4CCCCC4)CC3)o2)on1. The molecule has 7 nitrogen and oxygen atoms in total. The van der Waals surface area contributed by atoms with E-state index in [1.165, 1.54) is 42.5 Å². The molecule has 4 rings (SSSR count). The average Bonchev–Trinajstić information content (AvgIpc) is 3.32. The number of aryl methyl sites for hydroxylation is 1. The molecule has 0 amide bonds. The molecule has 142 valence electrons. The third kappa shape index (κ3) is 3.45. The van der Waals surface area contributed by atoms with Gasteiger partial charge in [0.25, 0.3) is 10.0 Å². The van der Waals surface area contributed by atoms with E-state index < -0.39 is 10.0 Å². The summed E-state index contributed by atoms with van der Waals surface area (Å²) < 4.78 is 38.0. The van der Waals surface area contributed by atoms with Crippen LogP contribution in [0.5, 0.6) is 0 Å². The predicted octanol–water partition coefficient (Wildman–Crippen LogP) is 2.88. The number of hydrogen-bond acceptors (Lipinski definition) is 6. The van der Waals surface area contributed by atoms with Crippen LogP contribution in [-0.4, -0.2) is 55.0 Å². The van der Waals surface area contributed by atoms with E-state index in [-0.39, 0.29) is 5.09 Å². The van der Waals surface area contributed by atoms with Crippen LogP contribution >= 0.6 is 0 Å². The zero-order valence-corrected chi connectivity index (χ0v) is 15.9. The van der Waals surface area contributed by atoms with Crippen molar-refractivity contribution in [3.63, 3.8) is 0 Å². The van der Waals surface area contributed by atoms with E-state index in [0.29, 0.717) is 30.7 Å². The molecule has 0 N–H and O–H groups in total. The predicted molar refractivity (Wildman–Crippen MR) is 96.1 cm³/mol. The van der Waals surface area contributed by atoms with E-state index in [1.54, 1.807) is 19.1 Å². The molecule has 2 aliphatic rings. The highest BCUT2D eigenvalue weighted by Crippen LogP contribution is 2.28. The molecule has 1 saturated carbocycles. The maximum atomic E-state index is 12.9. The highest BCUT2D eigenvalue weighted by molar-refractivity contribution is 7.89. The molecule has 0 atom stereocenters. The van der Waals surface area contributed by atoms with E-state index in [4.69, 9.17) is 8.94 Å². The van der Waals surface area contributed by atoms with Crippen molar-refractivity contribution in [1.29, 1.82) is 0 Å². The van der Waals surface area contributed by atoms with E-state index in [1.807, 2.05) is 0 Å². The topological polar surface area (TPSA) is 79.8 Å². The summed E-state index contributed by atoms with van der Waals surface area (Å²) in [5.74, 6) is 0.816. The van der Waals surface area contributed by atoms with E-state index in [0.717, 1.165) is 18.8 Å². The van der Waals surface area contributed by atoms with Crippen LogP contribution in [0.15, 0.2) is 32.2 Å². The molecule has 1 saturated heterocycles. The molecule has 0 radical (unpaired) electrons. The Morgan fingerprint density at radius 1 is 1.04 bits per heavy atom. The van der Waals surface area contributed by atoms with Crippen molar-refractivity contribution in [1.82, 2.24) is 14.4 Å². The smallest absolute Gasteiger partial charge is 0.276 e. The molecule has 8 heteroatoms. The molecule has 26 heavy (non-hydrogen) atoms. The summed E-state index contributed by atoms with van der Waals surface area (Å²) in [6, 6.07) is 5.46. The first-order valence-electron chi connectivity index (χ1n) is 9.32. The van der Waals surface area contributed by atoms with Gasteiger partial charge in [0, 0.05) is 38.3 Å². The second-order valence-corrected chi connectivity index (χ2v) is 9.05. The minimum Gasteiger partial charge on any atom is -0.440 e. The zero-order valence-electron chi connectivity index (χ0n) is 15.1. The first-order valence-corrected chi connectivity index (χ1v) is 10.8. The lowest BCUT2D eigenvalue weighted by atomic mass is 9.94. The van der Waals surface area contributed by atoms with Crippen LogP contribution in [0.25, 0.3) is 11.5 Å². The zero-order chi connectivity index (χ0) is 18.1. The van der Waals surface area contributed by atoms with Crippen LogP contribution in [0, 0.1) is 6.92 Å². The van der Waals surface area contributed by atoms with Crippen LogP contribution in [0.3, 0.4) is 0 Å². The molecule has 1 aliphatic carbocycles. The summed E-state index contributed by atoms with van der Waals surface area (Å²) in [5.41, 5.74) is 0.722. The van der Waals surface area contributed by atoms with Crippen LogP contribution in [0.1, 0.15) is 37.8 Å². The number of sulfonamides is 1. The van der Waals surface area contributed by atoms with Crippen molar-refractivity contribution in [3.05, 3.63) is 23.9 Å². The van der Waals surface area contributed by atoms with Crippen molar-refractivity contribution in [2.75, 3.05) is 26.2 Å². The second-order valence-electron chi connectivity index (χ2n) is 7.18. The van der Waals surface area contributed by atoms with Gasteiger partial charge in [0.05, 0.1) is 5.69 Å². The number of hydrogen-bond donors (Lipinski definition) is 0. The van der Waals surface area contributed by atoms with E-state index in [2.05, 4.69) is 10.1 Å². The minimum atomic E-state index is -3.62. The Bertz CT molecular complexity index is 843. The maximum Gasteiger partial charge on any atom is 0.276 e. The van der Waals surface area contributed by atoms with Gasteiger partial charge in [-0.15, -0.1) is 0 Å². The quantitative estimate of drug-likeness (QED) is 0.813. The van der Waals surface area contributed by atoms with E-state index >= 15 is 0 Å². The number of aromatic nitrogens is 1. The van der Waals surface area contributed by atoms with Gasteiger partial charge in [-0.25, -0.2) is 8.42 Å². The summed E-state index contributed by atoms with van der Waals surface area (Å²) >= 11 is 0. The van der Waals surface area contributed by atoms with Crippen molar-refractivity contribution in [2.45, 2.75) is 50.2 Å². The summed E-state index contributed by atoms with van der Waals surface area (Å²) in [6.45, 7) is 4.41. The summed E-state index contributed by atoms with van der Waals surface area (Å²) in [5, 5.41) is 3.77. The van der Waals surface area contributed by atoms with Gasteiger partial charge < -0.3 is 8.94 Å². The highest BCUT2D eigenvalue weighted by Gasteiger charge is 2.33. The maximum absolute atomic E-state index is 12.9. The fourth-order valence-corrected chi connectivity index (χ4v) is 5.29. The molecule has 2 fully saturated rings. The largest absolute Gasteiger partial charge is 0.440 e. The Morgan fingerprint density at radius 2 is 1.77 bits per heavy atom. The summed E-state index contributed by atoms with van der Waals surface area (Å²) in [4.78, 5) is 2.45. The molecule has 1 aliphatic heterocycles. The van der Waals surface area contributed by atoms with E-state index in [9.17, 15) is 8.42 Å². The molecule has 0 spiro atoms. The van der Waals surface area contributed by atoms with Crippen LogP contribution in [-0.2, 0) is 10.0 Å². The first-order chi connectivity index (χ1) is 12.5. The number of piperazine rings is 1. The number of furan rings is 1. The Morgan fingerprint density at radius 3 is 2.42 bits per heavy atom. The Hall–Kier alpha value is -1.64. The fourth-order valence-electron chi connectivity index (χ4n) is 3.95. The molecular weight excluding hydrogens is 354 g/mol. The third-order valence-electron chi connectivity index (χ3n) is 5.41. The number of nitrogens with zero attached hydrogens (tertiary/aromatic N) is 3. The van der Waals surface area contributed by atoms with Crippen molar-refractivity contribution >= 4 is 10.0 Å². The monoisotopic (exact) mass is 379 g/mol. The van der Waals surface area contributed by atoms with Crippen molar-refractivity contribution < 1.29 is 17.4 Å². The van der Waals surface area contributed by atoms with Crippen molar-refractivity contribution in [3.8, 4) is 11.5 Å². The van der Waals surface area contributed by atoms with Crippen molar-refractivity contribution in [2.24, 2.45) is 0 Å². The molecule has 0 bridgehead atoms. The lowest BCUT2D eigenvalue weighted by molar-refractivity contribution is 0.110. The molecule has 0 aromatic carbocycles. The molecule has 0 unspecified atom stereocenters. The Labute approximate surface area is 154 Å². The highest BCUT2D eigenvalue weighted by atomic mass is 32.2. The van der Waals surface area contributed by atoms with Gasteiger partial charge in [0.1, 0.15) is 0 Å². The normalized spacial score (nSPS) is 21.3. The van der Waals surface area contributed by atoms with Gasteiger partial charge in [-0.3, -0.25) is 4.90 Å².